The Kier molecular flexibility index (Phi) is 3.74. The molecule has 0 saturated carbocycles. The Morgan fingerprint density at radius 1 is 1.33 bits per heavy atom. The number of hydrogen-bond acceptors (Lipinski definition) is 5. The lowest BCUT2D eigenvalue weighted by atomic mass is 10.2. The summed E-state index contributed by atoms with van der Waals surface area (Å²) in [5.41, 5.74) is 0.608. The van der Waals surface area contributed by atoms with E-state index in [0.29, 0.717) is 23.3 Å². The third kappa shape index (κ3) is 2.97. The first-order chi connectivity index (χ1) is 10.2. The van der Waals surface area contributed by atoms with Gasteiger partial charge >= 0.3 is 0 Å². The van der Waals surface area contributed by atoms with Crippen LogP contribution in [0.4, 0.5) is 0 Å². The van der Waals surface area contributed by atoms with Crippen LogP contribution >= 0.6 is 0 Å². The highest BCUT2D eigenvalue weighted by atomic mass is 16.1. The highest BCUT2D eigenvalue weighted by Gasteiger charge is 2.03. The smallest absolute Gasteiger partial charge is 0.258 e. The number of nitrogens with one attached hydrogen (secondary N) is 2. The lowest BCUT2D eigenvalue weighted by Gasteiger charge is -2.05. The van der Waals surface area contributed by atoms with Gasteiger partial charge in [-0.25, -0.2) is 4.98 Å². The number of para-hydroxylation sites is 1. The van der Waals surface area contributed by atoms with E-state index in [1.165, 1.54) is 0 Å². The molecule has 0 radical (unpaired) electrons. The summed E-state index contributed by atoms with van der Waals surface area (Å²) >= 11 is 0. The van der Waals surface area contributed by atoms with Crippen molar-refractivity contribution in [2.75, 3.05) is 6.54 Å². The van der Waals surface area contributed by atoms with Gasteiger partial charge in [0, 0.05) is 20.0 Å². The van der Waals surface area contributed by atoms with E-state index in [1.54, 1.807) is 12.4 Å². The predicted octanol–water partition coefficient (Wildman–Crippen LogP) is 0.384. The molecule has 2 heterocycles. The lowest BCUT2D eigenvalue weighted by molar-refractivity contribution is 0.635. The molecule has 0 aliphatic carbocycles. The Morgan fingerprint density at radius 3 is 3.00 bits per heavy atom. The van der Waals surface area contributed by atoms with Crippen molar-refractivity contribution in [1.82, 2.24) is 30.0 Å². The van der Waals surface area contributed by atoms with Crippen LogP contribution in [-0.2, 0) is 20.0 Å². The minimum Gasteiger partial charge on any atom is -0.321 e. The molecule has 3 rings (SSSR count). The van der Waals surface area contributed by atoms with Crippen LogP contribution in [0.2, 0.25) is 0 Å². The van der Waals surface area contributed by atoms with Crippen molar-refractivity contribution < 1.29 is 0 Å². The van der Waals surface area contributed by atoms with Crippen LogP contribution < -0.4 is 10.9 Å². The second-order valence-corrected chi connectivity index (χ2v) is 4.81. The maximum atomic E-state index is 11.9. The zero-order chi connectivity index (χ0) is 14.7. The van der Waals surface area contributed by atoms with E-state index in [-0.39, 0.29) is 5.56 Å². The number of aromatic nitrogens is 5. The number of nitrogens with zero attached hydrogens (tertiary/aromatic N) is 4. The van der Waals surface area contributed by atoms with Crippen LogP contribution in [0.25, 0.3) is 10.9 Å². The van der Waals surface area contributed by atoms with Crippen LogP contribution in [0.15, 0.2) is 35.4 Å². The molecule has 1 aromatic carbocycles. The van der Waals surface area contributed by atoms with E-state index in [0.717, 1.165) is 18.8 Å². The van der Waals surface area contributed by atoms with E-state index in [2.05, 4.69) is 25.5 Å². The summed E-state index contributed by atoms with van der Waals surface area (Å²) in [5.74, 6) is 1.55. The highest BCUT2D eigenvalue weighted by Crippen LogP contribution is 2.05. The summed E-state index contributed by atoms with van der Waals surface area (Å²) in [5, 5.41) is 11.7. The third-order valence-electron chi connectivity index (χ3n) is 3.28. The summed E-state index contributed by atoms with van der Waals surface area (Å²) in [6.45, 7) is 1.25. The molecule has 7 nitrogen and oxygen atoms in total. The SMILES string of the molecule is Cn1cnnc1CCNCc1nc2ccccc2c(=O)[nH]1. The van der Waals surface area contributed by atoms with Gasteiger partial charge < -0.3 is 14.9 Å². The molecular formula is C14H16N6O. The number of aryl methyl sites for hydroxylation is 1. The Hall–Kier alpha value is -2.54. The number of aromatic amines is 1. The molecule has 2 aromatic heterocycles. The van der Waals surface area contributed by atoms with Crippen molar-refractivity contribution in [3.63, 3.8) is 0 Å². The molecule has 0 amide bonds. The molecule has 0 aliphatic heterocycles. The van der Waals surface area contributed by atoms with Crippen molar-refractivity contribution in [2.45, 2.75) is 13.0 Å². The fourth-order valence-corrected chi connectivity index (χ4v) is 2.16. The van der Waals surface area contributed by atoms with E-state index in [4.69, 9.17) is 0 Å². The number of H-pyrrole nitrogens is 1. The fourth-order valence-electron chi connectivity index (χ4n) is 2.16. The van der Waals surface area contributed by atoms with Gasteiger partial charge in [0.15, 0.2) is 0 Å². The fraction of sp³-hybridized carbons (Fsp3) is 0.286. The average molecular weight is 284 g/mol. The Labute approximate surface area is 121 Å². The van der Waals surface area contributed by atoms with Gasteiger partial charge in [0.05, 0.1) is 17.4 Å². The van der Waals surface area contributed by atoms with E-state index >= 15 is 0 Å². The second-order valence-electron chi connectivity index (χ2n) is 4.81. The molecular weight excluding hydrogens is 268 g/mol. The Balaban J connectivity index is 1.63. The maximum absolute atomic E-state index is 11.9. The van der Waals surface area contributed by atoms with Crippen LogP contribution in [0.5, 0.6) is 0 Å². The molecule has 0 saturated heterocycles. The largest absolute Gasteiger partial charge is 0.321 e. The lowest BCUT2D eigenvalue weighted by Crippen LogP contribution is -2.22. The van der Waals surface area contributed by atoms with Gasteiger partial charge in [-0.1, -0.05) is 12.1 Å². The van der Waals surface area contributed by atoms with Crippen LogP contribution in [0.3, 0.4) is 0 Å². The topological polar surface area (TPSA) is 88.5 Å². The summed E-state index contributed by atoms with van der Waals surface area (Å²) in [4.78, 5) is 19.1. The normalized spacial score (nSPS) is 11.1. The van der Waals surface area contributed by atoms with Gasteiger partial charge in [-0.05, 0) is 12.1 Å². The standard InChI is InChI=1S/C14H16N6O/c1-20-9-16-19-13(20)6-7-15-8-12-17-11-5-3-2-4-10(11)14(21)18-12/h2-5,9,15H,6-8H2,1H3,(H,17,18,21). The molecule has 0 aliphatic rings. The third-order valence-corrected chi connectivity index (χ3v) is 3.28. The quantitative estimate of drug-likeness (QED) is 0.661. The molecule has 0 atom stereocenters. The summed E-state index contributed by atoms with van der Waals surface area (Å²) in [6, 6.07) is 7.32. The molecule has 0 unspecified atom stereocenters. The summed E-state index contributed by atoms with van der Waals surface area (Å²) in [6.07, 6.45) is 2.45. The molecule has 108 valence electrons. The van der Waals surface area contributed by atoms with Gasteiger partial charge in [0.1, 0.15) is 18.0 Å². The number of fused-ring (bicyclic) bond motifs is 1. The Morgan fingerprint density at radius 2 is 2.19 bits per heavy atom. The first kappa shape index (κ1) is 13.4. The highest BCUT2D eigenvalue weighted by molar-refractivity contribution is 5.77. The molecule has 0 fully saturated rings. The molecule has 0 bridgehead atoms. The number of rotatable bonds is 5. The minimum absolute atomic E-state index is 0.106. The van der Waals surface area contributed by atoms with Crippen molar-refractivity contribution in [2.24, 2.45) is 7.05 Å². The number of benzene rings is 1. The summed E-state index contributed by atoms with van der Waals surface area (Å²) < 4.78 is 1.89. The van der Waals surface area contributed by atoms with Crippen LogP contribution in [0.1, 0.15) is 11.6 Å². The monoisotopic (exact) mass is 284 g/mol. The van der Waals surface area contributed by atoms with Gasteiger partial charge in [0.25, 0.3) is 5.56 Å². The van der Waals surface area contributed by atoms with Crippen molar-refractivity contribution >= 4 is 10.9 Å². The minimum atomic E-state index is -0.106. The van der Waals surface area contributed by atoms with Crippen molar-refractivity contribution in [1.29, 1.82) is 0 Å². The molecule has 7 heteroatoms. The van der Waals surface area contributed by atoms with E-state index in [9.17, 15) is 4.79 Å². The van der Waals surface area contributed by atoms with Gasteiger partial charge in [-0.2, -0.15) is 0 Å². The maximum Gasteiger partial charge on any atom is 0.258 e. The second kappa shape index (κ2) is 5.84. The average Bonchev–Trinajstić information content (AvgIpc) is 2.89. The first-order valence-corrected chi connectivity index (χ1v) is 6.75. The van der Waals surface area contributed by atoms with E-state index in [1.807, 2.05) is 29.8 Å². The van der Waals surface area contributed by atoms with Crippen molar-refractivity contribution in [3.8, 4) is 0 Å². The van der Waals surface area contributed by atoms with Crippen molar-refractivity contribution in [3.05, 3.63) is 52.6 Å². The molecule has 3 aromatic rings. The zero-order valence-corrected chi connectivity index (χ0v) is 11.7. The summed E-state index contributed by atoms with van der Waals surface area (Å²) in [7, 11) is 1.91. The van der Waals surface area contributed by atoms with Crippen LogP contribution in [-0.4, -0.2) is 31.3 Å². The predicted molar refractivity (Wildman–Crippen MR) is 78.8 cm³/mol. The van der Waals surface area contributed by atoms with Gasteiger partial charge in [-0.3, -0.25) is 4.79 Å². The molecule has 21 heavy (non-hydrogen) atoms. The van der Waals surface area contributed by atoms with Gasteiger partial charge in [-0.15, -0.1) is 10.2 Å². The molecule has 0 spiro atoms. The Bertz CT molecular complexity index is 806. The van der Waals surface area contributed by atoms with Crippen LogP contribution in [0, 0.1) is 0 Å². The number of hydrogen-bond donors (Lipinski definition) is 2. The zero-order valence-electron chi connectivity index (χ0n) is 11.7. The van der Waals surface area contributed by atoms with Gasteiger partial charge in [0.2, 0.25) is 0 Å². The first-order valence-electron chi connectivity index (χ1n) is 6.75. The molecule has 2 N–H and O–H groups in total. The van der Waals surface area contributed by atoms with E-state index < -0.39 is 0 Å².